The maximum absolute atomic E-state index is 13.5. The van der Waals surface area contributed by atoms with E-state index in [1.165, 1.54) is 42.1 Å². The smallest absolute Gasteiger partial charge is 0.263 e. The first kappa shape index (κ1) is 19.8. The fourth-order valence-electron chi connectivity index (χ4n) is 2.98. The molecule has 2 aromatic rings. The first-order valence-electron chi connectivity index (χ1n) is 9.06. The van der Waals surface area contributed by atoms with Gasteiger partial charge in [-0.1, -0.05) is 12.1 Å². The highest BCUT2D eigenvalue weighted by Gasteiger charge is 2.39. The van der Waals surface area contributed by atoms with Crippen LogP contribution in [-0.4, -0.2) is 42.2 Å². The third-order valence-electron chi connectivity index (χ3n) is 4.49. The van der Waals surface area contributed by atoms with Crippen LogP contribution < -0.4 is 16.2 Å². The molecule has 0 bridgehead atoms. The van der Waals surface area contributed by atoms with Gasteiger partial charge >= 0.3 is 0 Å². The number of nitrogens with zero attached hydrogens (tertiary/aromatic N) is 1. The molecule has 148 valence electrons. The highest BCUT2D eigenvalue weighted by molar-refractivity contribution is 5.99. The van der Waals surface area contributed by atoms with Crippen molar-refractivity contribution in [3.63, 3.8) is 0 Å². The Morgan fingerprint density at radius 3 is 2.75 bits per heavy atom. The molecule has 2 amide bonds. The molecular weight excluding hydrogens is 365 g/mol. The Morgan fingerprint density at radius 2 is 2.07 bits per heavy atom. The minimum atomic E-state index is -0.591. The lowest BCUT2D eigenvalue weighted by molar-refractivity contribution is 0.0914. The summed E-state index contributed by atoms with van der Waals surface area (Å²) in [6, 6.07) is 6.99. The van der Waals surface area contributed by atoms with Gasteiger partial charge in [0.05, 0.1) is 24.3 Å². The Balaban J connectivity index is 1.90. The monoisotopic (exact) mass is 387 g/mol. The summed E-state index contributed by atoms with van der Waals surface area (Å²) in [7, 11) is 1.41. The molecular formula is C20H22FN3O4. The second-order valence-corrected chi connectivity index (χ2v) is 6.59. The predicted octanol–water partition coefficient (Wildman–Crippen LogP) is 1.30. The van der Waals surface area contributed by atoms with Gasteiger partial charge in [0.25, 0.3) is 17.4 Å². The van der Waals surface area contributed by atoms with Gasteiger partial charge in [-0.25, -0.2) is 4.39 Å². The van der Waals surface area contributed by atoms with Crippen molar-refractivity contribution in [3.05, 3.63) is 69.4 Å². The van der Waals surface area contributed by atoms with Gasteiger partial charge in [0.2, 0.25) is 0 Å². The largest absolute Gasteiger partial charge is 0.376 e. The van der Waals surface area contributed by atoms with Crippen molar-refractivity contribution in [2.75, 3.05) is 13.7 Å². The third-order valence-corrected chi connectivity index (χ3v) is 4.49. The summed E-state index contributed by atoms with van der Waals surface area (Å²) in [5.74, 6) is -1.42. The molecule has 0 aliphatic heterocycles. The number of pyridine rings is 1. The summed E-state index contributed by atoms with van der Waals surface area (Å²) < 4.78 is 20.1. The number of benzene rings is 1. The summed E-state index contributed by atoms with van der Waals surface area (Å²) in [4.78, 5) is 37.4. The van der Waals surface area contributed by atoms with Crippen molar-refractivity contribution >= 4 is 11.8 Å². The number of amides is 2. The Hall–Kier alpha value is -3.00. The molecule has 1 heterocycles. The lowest BCUT2D eigenvalue weighted by Crippen LogP contribution is -2.35. The third kappa shape index (κ3) is 4.45. The normalized spacial score (nSPS) is 17.8. The van der Waals surface area contributed by atoms with E-state index < -0.39 is 23.2 Å². The van der Waals surface area contributed by atoms with Crippen LogP contribution in [-0.2, 0) is 11.3 Å². The van der Waals surface area contributed by atoms with E-state index in [1.54, 1.807) is 6.07 Å². The van der Waals surface area contributed by atoms with Crippen LogP contribution in [0.4, 0.5) is 4.39 Å². The SMILES string of the molecule is CCOC1CC1NC(=O)c1cc(C(=O)NC)c(=O)n(Cc2cccc(F)c2)c1. The van der Waals surface area contributed by atoms with Crippen molar-refractivity contribution in [2.45, 2.75) is 32.0 Å². The zero-order valence-electron chi connectivity index (χ0n) is 15.7. The molecule has 2 atom stereocenters. The van der Waals surface area contributed by atoms with Gasteiger partial charge in [-0.05, 0) is 37.1 Å². The standard InChI is InChI=1S/C20H22FN3O4/c1-3-28-17-9-16(17)23-18(25)13-8-15(19(26)22-2)20(27)24(11-13)10-12-5-4-6-14(21)7-12/h4-8,11,16-17H,3,9-10H2,1-2H3,(H,22,26)(H,23,25). The van der Waals surface area contributed by atoms with Crippen LogP contribution in [0.5, 0.6) is 0 Å². The van der Waals surface area contributed by atoms with Crippen LogP contribution >= 0.6 is 0 Å². The molecule has 0 radical (unpaired) electrons. The van der Waals surface area contributed by atoms with E-state index in [2.05, 4.69) is 10.6 Å². The molecule has 7 nitrogen and oxygen atoms in total. The second kappa shape index (κ2) is 8.35. The fourth-order valence-corrected chi connectivity index (χ4v) is 2.98. The lowest BCUT2D eigenvalue weighted by atomic mass is 10.1. The summed E-state index contributed by atoms with van der Waals surface area (Å²) in [6.07, 6.45) is 2.10. The Morgan fingerprint density at radius 1 is 1.29 bits per heavy atom. The van der Waals surface area contributed by atoms with Gasteiger partial charge in [-0.15, -0.1) is 0 Å². The molecule has 1 aliphatic rings. The molecule has 1 aliphatic carbocycles. The topological polar surface area (TPSA) is 89.4 Å². The number of carbonyl (C=O) groups excluding carboxylic acids is 2. The van der Waals surface area contributed by atoms with Crippen molar-refractivity contribution < 1.29 is 18.7 Å². The highest BCUT2D eigenvalue weighted by atomic mass is 19.1. The number of ether oxygens (including phenoxy) is 1. The Labute approximate surface area is 161 Å². The molecule has 1 aromatic carbocycles. The maximum atomic E-state index is 13.5. The summed E-state index contributed by atoms with van der Waals surface area (Å²) in [5.41, 5.74) is 0.0142. The molecule has 2 unspecified atom stereocenters. The zero-order chi connectivity index (χ0) is 20.3. The number of rotatable bonds is 7. The maximum Gasteiger partial charge on any atom is 0.263 e. The number of carbonyl (C=O) groups is 2. The number of hydrogen-bond acceptors (Lipinski definition) is 4. The minimum absolute atomic E-state index is 0.00874. The van der Waals surface area contributed by atoms with E-state index in [1.807, 2.05) is 6.92 Å². The molecule has 1 aromatic heterocycles. The van der Waals surface area contributed by atoms with Gasteiger partial charge in [-0.3, -0.25) is 14.4 Å². The van der Waals surface area contributed by atoms with Crippen molar-refractivity contribution in [3.8, 4) is 0 Å². The molecule has 2 N–H and O–H groups in total. The molecule has 1 saturated carbocycles. The number of aromatic nitrogens is 1. The first-order chi connectivity index (χ1) is 13.4. The van der Waals surface area contributed by atoms with Gasteiger partial charge in [0.15, 0.2) is 0 Å². The Kier molecular flexibility index (Phi) is 5.89. The molecule has 0 spiro atoms. The molecule has 28 heavy (non-hydrogen) atoms. The van der Waals surface area contributed by atoms with Crippen molar-refractivity contribution in [1.29, 1.82) is 0 Å². The summed E-state index contributed by atoms with van der Waals surface area (Å²) >= 11 is 0. The number of hydrogen-bond donors (Lipinski definition) is 2. The van der Waals surface area contributed by atoms with Crippen LogP contribution in [0, 0.1) is 5.82 Å². The average Bonchev–Trinajstić information content (AvgIpc) is 3.40. The zero-order valence-corrected chi connectivity index (χ0v) is 15.7. The van der Waals surface area contributed by atoms with E-state index in [0.29, 0.717) is 12.2 Å². The van der Waals surface area contributed by atoms with Crippen LogP contribution in [0.1, 0.15) is 39.6 Å². The second-order valence-electron chi connectivity index (χ2n) is 6.59. The van der Waals surface area contributed by atoms with Gasteiger partial charge in [0, 0.05) is 19.9 Å². The predicted molar refractivity (Wildman–Crippen MR) is 101 cm³/mol. The van der Waals surface area contributed by atoms with Crippen molar-refractivity contribution in [2.24, 2.45) is 0 Å². The van der Waals surface area contributed by atoms with E-state index in [4.69, 9.17) is 4.74 Å². The van der Waals surface area contributed by atoms with Gasteiger partial charge in [0.1, 0.15) is 11.4 Å². The fraction of sp³-hybridized carbons (Fsp3) is 0.350. The van der Waals surface area contributed by atoms with E-state index >= 15 is 0 Å². The van der Waals surface area contributed by atoms with E-state index in [9.17, 15) is 18.8 Å². The average molecular weight is 387 g/mol. The molecule has 3 rings (SSSR count). The van der Waals surface area contributed by atoms with Gasteiger partial charge < -0.3 is 19.9 Å². The highest BCUT2D eigenvalue weighted by Crippen LogP contribution is 2.25. The molecule has 8 heteroatoms. The van der Waals surface area contributed by atoms with Crippen molar-refractivity contribution in [1.82, 2.24) is 15.2 Å². The van der Waals surface area contributed by atoms with Crippen LogP contribution in [0.15, 0.2) is 41.3 Å². The van der Waals surface area contributed by atoms with E-state index in [0.717, 1.165) is 6.42 Å². The molecule has 1 fully saturated rings. The minimum Gasteiger partial charge on any atom is -0.376 e. The van der Waals surface area contributed by atoms with Crippen LogP contribution in [0.3, 0.4) is 0 Å². The first-order valence-corrected chi connectivity index (χ1v) is 9.06. The summed E-state index contributed by atoms with van der Waals surface area (Å²) in [5, 5.41) is 5.24. The lowest BCUT2D eigenvalue weighted by Gasteiger charge is -2.12. The quantitative estimate of drug-likeness (QED) is 0.750. The van der Waals surface area contributed by atoms with E-state index in [-0.39, 0.29) is 29.8 Å². The van der Waals surface area contributed by atoms with Crippen LogP contribution in [0.2, 0.25) is 0 Å². The number of halogens is 1. The number of nitrogens with one attached hydrogen (secondary N) is 2. The van der Waals surface area contributed by atoms with Gasteiger partial charge in [-0.2, -0.15) is 0 Å². The van der Waals surface area contributed by atoms with Crippen LogP contribution in [0.25, 0.3) is 0 Å². The molecule has 0 saturated heterocycles. The summed E-state index contributed by atoms with van der Waals surface area (Å²) in [6.45, 7) is 2.48. The Bertz CT molecular complexity index is 957.